The second-order valence-electron chi connectivity index (χ2n) is 10.00. The van der Waals surface area contributed by atoms with Crippen LogP contribution in [0.2, 0.25) is 0 Å². The molecule has 0 radical (unpaired) electrons. The maximum atomic E-state index is 13.6. The molecule has 0 unspecified atom stereocenters. The van der Waals surface area contributed by atoms with E-state index in [1.807, 2.05) is 47.8 Å². The second-order valence-corrected chi connectivity index (χ2v) is 12.5. The molecule has 4 aromatic carbocycles. The van der Waals surface area contributed by atoms with Crippen molar-refractivity contribution in [3.8, 4) is 22.9 Å². The summed E-state index contributed by atoms with van der Waals surface area (Å²) in [5.74, 6) is 0.993. The van der Waals surface area contributed by atoms with Crippen molar-refractivity contribution < 1.29 is 8.78 Å². The molecule has 0 aliphatic carbocycles. The number of aromatic amines is 2. The number of hydrogen-bond acceptors (Lipinski definition) is 9. The van der Waals surface area contributed by atoms with Gasteiger partial charge in [0.2, 0.25) is 0 Å². The molecule has 0 saturated heterocycles. The quantitative estimate of drug-likeness (QED) is 0.118. The van der Waals surface area contributed by atoms with E-state index in [9.17, 15) is 8.78 Å². The molecule has 0 saturated carbocycles. The number of halogens is 2. The first-order valence-electron chi connectivity index (χ1n) is 14.2. The Morgan fingerprint density at radius 1 is 0.660 bits per heavy atom. The summed E-state index contributed by atoms with van der Waals surface area (Å²) in [6.07, 6.45) is 4.91. The lowest BCUT2D eigenvalue weighted by Crippen LogP contribution is -1.90. The van der Waals surface area contributed by atoms with Crippen molar-refractivity contribution in [3.63, 3.8) is 0 Å². The fraction of sp³-hybridized carbons (Fsp3) is 0. The molecule has 0 spiro atoms. The monoisotopic (exact) mass is 678 g/mol. The van der Waals surface area contributed by atoms with Gasteiger partial charge in [-0.25, -0.2) is 23.7 Å². The minimum atomic E-state index is -0.280. The minimum absolute atomic E-state index is 0.262. The third-order valence-corrected chi connectivity index (χ3v) is 9.12. The van der Waals surface area contributed by atoms with Crippen LogP contribution in [-0.4, -0.2) is 29.9 Å². The first-order valence-corrected chi connectivity index (χ1v) is 16.8. The number of hydrogen-bond donors (Lipinski definition) is 4. The van der Waals surface area contributed by atoms with Gasteiger partial charge in [-0.3, -0.25) is 4.98 Å². The van der Waals surface area contributed by atoms with Gasteiger partial charge in [0, 0.05) is 33.1 Å². The van der Waals surface area contributed by atoms with E-state index in [-0.39, 0.29) is 11.6 Å². The van der Waals surface area contributed by atoms with E-state index >= 15 is 0 Å². The molecule has 0 amide bonds. The van der Waals surface area contributed by atoms with E-state index in [4.69, 9.17) is 0 Å². The Morgan fingerprint density at radius 2 is 1.26 bits per heavy atom. The average Bonchev–Trinajstić information content (AvgIpc) is 3.88. The van der Waals surface area contributed by atoms with Gasteiger partial charge >= 0.3 is 0 Å². The highest BCUT2D eigenvalue weighted by atomic mass is 32.2. The van der Waals surface area contributed by atoms with Crippen molar-refractivity contribution >= 4 is 68.7 Å². The predicted octanol–water partition coefficient (Wildman–Crippen LogP) is 9.83. The summed E-state index contributed by atoms with van der Waals surface area (Å²) in [7, 11) is 0. The normalized spacial score (nSPS) is 10.9. The molecule has 0 bridgehead atoms. The van der Waals surface area contributed by atoms with E-state index in [1.54, 1.807) is 66.3 Å². The van der Waals surface area contributed by atoms with Crippen LogP contribution in [0.4, 0.5) is 20.2 Å². The maximum absolute atomic E-state index is 13.6. The zero-order valence-corrected chi connectivity index (χ0v) is 26.8. The highest BCUT2D eigenvalue weighted by Crippen LogP contribution is 2.29. The number of rotatable bonds is 8. The molecule has 4 N–H and O–H groups in total. The Hall–Kier alpha value is -5.24. The fourth-order valence-corrected chi connectivity index (χ4v) is 6.55. The number of fused-ring (bicyclic) bond motifs is 2. The lowest BCUT2D eigenvalue weighted by molar-refractivity contribution is 0.632. The molecule has 4 aromatic heterocycles. The van der Waals surface area contributed by atoms with Crippen LogP contribution < -0.4 is 9.44 Å². The third-order valence-electron chi connectivity index (χ3n) is 6.81. The van der Waals surface area contributed by atoms with Crippen LogP contribution >= 0.6 is 35.2 Å². The van der Waals surface area contributed by atoms with Gasteiger partial charge in [0.1, 0.15) is 23.2 Å². The van der Waals surface area contributed by atoms with Crippen molar-refractivity contribution in [1.82, 2.24) is 29.9 Å². The Bertz CT molecular complexity index is 2260. The fourth-order valence-electron chi connectivity index (χ4n) is 4.50. The van der Waals surface area contributed by atoms with Gasteiger partial charge in [-0.15, -0.1) is 0 Å². The summed E-state index contributed by atoms with van der Waals surface area (Å²) in [4.78, 5) is 25.9. The van der Waals surface area contributed by atoms with Crippen molar-refractivity contribution in [3.05, 3.63) is 132 Å². The van der Waals surface area contributed by atoms with Crippen molar-refractivity contribution in [2.75, 3.05) is 9.44 Å². The van der Waals surface area contributed by atoms with Crippen LogP contribution in [0.3, 0.4) is 0 Å². The molecule has 232 valence electrons. The first-order chi connectivity index (χ1) is 23.1. The van der Waals surface area contributed by atoms with Gasteiger partial charge in [0.05, 0.1) is 39.6 Å². The van der Waals surface area contributed by atoms with E-state index < -0.39 is 0 Å². The second kappa shape index (κ2) is 14.0. The summed E-state index contributed by atoms with van der Waals surface area (Å²) in [5.41, 5.74) is 6.31. The van der Waals surface area contributed by atoms with Crippen LogP contribution in [0.25, 0.3) is 45.0 Å². The standard InChI is InChI=1S/C17H12FN5S.C17H12FN3S2/c18-12-3-1-2-4-13(12)23-24-11-5-6-14-15(9-11)22-17(21-14)16-10-19-7-8-20-16;18-13-3-1-2-4-14(13)21-23-12-5-6-15-16(9-12)20-17(19-15)11-7-8-22-10-11/h1-10,23H,(H,21,22);1-10,21H,(H,19,20). The van der Waals surface area contributed by atoms with E-state index in [2.05, 4.69) is 44.7 Å². The minimum Gasteiger partial charge on any atom is -0.338 e. The topological polar surface area (TPSA) is 107 Å². The molecule has 0 fully saturated rings. The lowest BCUT2D eigenvalue weighted by atomic mass is 10.3. The molecule has 8 nitrogen and oxygen atoms in total. The van der Waals surface area contributed by atoms with Crippen molar-refractivity contribution in [2.45, 2.75) is 9.79 Å². The number of nitrogens with zero attached hydrogens (tertiary/aromatic N) is 4. The van der Waals surface area contributed by atoms with E-state index in [0.29, 0.717) is 22.9 Å². The summed E-state index contributed by atoms with van der Waals surface area (Å²) in [6, 6.07) is 27.0. The Kier molecular flexibility index (Phi) is 9.08. The zero-order chi connectivity index (χ0) is 32.0. The van der Waals surface area contributed by atoms with Crippen LogP contribution in [0.1, 0.15) is 0 Å². The van der Waals surface area contributed by atoms with E-state index in [0.717, 1.165) is 43.2 Å². The van der Waals surface area contributed by atoms with E-state index in [1.165, 1.54) is 36.0 Å². The number of benzene rings is 4. The van der Waals surface area contributed by atoms with Crippen LogP contribution in [0, 0.1) is 11.6 Å². The molecule has 4 heterocycles. The highest BCUT2D eigenvalue weighted by molar-refractivity contribution is 8.00. The number of para-hydroxylation sites is 2. The molecule has 0 aliphatic rings. The van der Waals surface area contributed by atoms with Gasteiger partial charge in [-0.1, -0.05) is 24.3 Å². The van der Waals surface area contributed by atoms with Crippen LogP contribution in [0.5, 0.6) is 0 Å². The number of H-pyrrole nitrogens is 2. The van der Waals surface area contributed by atoms with Gasteiger partial charge in [-0.05, 0) is 96.0 Å². The van der Waals surface area contributed by atoms with Crippen LogP contribution in [0.15, 0.2) is 130 Å². The molecule has 0 atom stereocenters. The highest BCUT2D eigenvalue weighted by Gasteiger charge is 2.09. The Balaban J connectivity index is 0.000000150. The molecule has 8 rings (SSSR count). The maximum Gasteiger partial charge on any atom is 0.158 e. The number of imidazole rings is 2. The van der Waals surface area contributed by atoms with Gasteiger partial charge < -0.3 is 19.4 Å². The average molecular weight is 679 g/mol. The van der Waals surface area contributed by atoms with Crippen molar-refractivity contribution in [2.24, 2.45) is 0 Å². The SMILES string of the molecule is Fc1ccccc1NSc1ccc2nc(-c3ccsc3)[nH]c2c1.Fc1ccccc1NSc1ccc2nc(-c3cnccn3)[nH]c2c1. The summed E-state index contributed by atoms with van der Waals surface area (Å²) < 4.78 is 33.3. The van der Waals surface area contributed by atoms with Gasteiger partial charge in [0.15, 0.2) is 5.82 Å². The summed E-state index contributed by atoms with van der Waals surface area (Å²) in [6.45, 7) is 0. The zero-order valence-electron chi connectivity index (χ0n) is 24.3. The lowest BCUT2D eigenvalue weighted by Gasteiger charge is -2.06. The number of aromatic nitrogens is 6. The summed E-state index contributed by atoms with van der Waals surface area (Å²) >= 11 is 4.36. The molecule has 8 aromatic rings. The third kappa shape index (κ3) is 7.27. The summed E-state index contributed by atoms with van der Waals surface area (Å²) in [5, 5.41) is 4.09. The molecule has 13 heteroatoms. The van der Waals surface area contributed by atoms with Crippen molar-refractivity contribution in [1.29, 1.82) is 0 Å². The van der Waals surface area contributed by atoms with Gasteiger partial charge in [-0.2, -0.15) is 11.3 Å². The Morgan fingerprint density at radius 3 is 1.81 bits per heavy atom. The largest absolute Gasteiger partial charge is 0.338 e. The van der Waals surface area contributed by atoms with Gasteiger partial charge in [0.25, 0.3) is 0 Å². The number of anilines is 2. The number of thiophene rings is 1. The predicted molar refractivity (Wildman–Crippen MR) is 188 cm³/mol. The molecular weight excluding hydrogens is 655 g/mol. The smallest absolute Gasteiger partial charge is 0.158 e. The van der Waals surface area contributed by atoms with Crippen LogP contribution in [-0.2, 0) is 0 Å². The number of nitrogens with one attached hydrogen (secondary N) is 4. The molecule has 0 aliphatic heterocycles. The Labute approximate surface area is 280 Å². The molecular formula is C34H24F2N8S3. The molecule has 47 heavy (non-hydrogen) atoms. The first kappa shape index (κ1) is 30.4.